The van der Waals surface area contributed by atoms with Crippen LogP contribution in [-0.2, 0) is 23.9 Å². The molecule has 0 aliphatic heterocycles. The predicted molar refractivity (Wildman–Crippen MR) is 88.3 cm³/mol. The molecule has 2 atom stereocenters. The maximum atomic E-state index is 12.5. The van der Waals surface area contributed by atoms with Crippen molar-refractivity contribution in [1.82, 2.24) is 0 Å². The van der Waals surface area contributed by atoms with Crippen molar-refractivity contribution >= 4 is 23.7 Å². The lowest BCUT2D eigenvalue weighted by atomic mass is 9.65. The number of ketones is 1. The summed E-state index contributed by atoms with van der Waals surface area (Å²) >= 11 is 0. The van der Waals surface area contributed by atoms with E-state index < -0.39 is 40.6 Å². The van der Waals surface area contributed by atoms with Gasteiger partial charge in [-0.05, 0) is 20.3 Å². The van der Waals surface area contributed by atoms with E-state index in [-0.39, 0.29) is 6.42 Å². The van der Waals surface area contributed by atoms with Gasteiger partial charge in [0.15, 0.2) is 11.7 Å². The van der Waals surface area contributed by atoms with Crippen LogP contribution in [0, 0.1) is 11.3 Å². The molecule has 0 aromatic heterocycles. The molecule has 144 valence electrons. The summed E-state index contributed by atoms with van der Waals surface area (Å²) in [6.07, 6.45) is 3.85. The Morgan fingerprint density at radius 3 is 1.80 bits per heavy atom. The molecule has 8 heteroatoms. The fourth-order valence-electron chi connectivity index (χ4n) is 2.96. The molecule has 0 aromatic rings. The first-order chi connectivity index (χ1) is 11.5. The van der Waals surface area contributed by atoms with Gasteiger partial charge in [-0.1, -0.05) is 32.6 Å². The van der Waals surface area contributed by atoms with Gasteiger partial charge in [0.25, 0.3) is 0 Å². The number of carboxylic acids is 3. The van der Waals surface area contributed by atoms with Crippen LogP contribution >= 0.6 is 0 Å². The SMILES string of the molecule is CCCCCCCC(=O)C(C(=O)O)C(OC)(C(=O)O)C(C)(C)C(=O)O. The molecule has 0 saturated carbocycles. The Balaban J connectivity index is 5.74. The molecule has 0 aliphatic rings. The topological polar surface area (TPSA) is 138 Å². The minimum atomic E-state index is -2.72. The third-order valence-corrected chi connectivity index (χ3v) is 4.61. The second-order valence-electron chi connectivity index (χ2n) is 6.58. The highest BCUT2D eigenvalue weighted by Crippen LogP contribution is 2.42. The number of carbonyl (C=O) groups excluding carboxylic acids is 1. The largest absolute Gasteiger partial charge is 0.481 e. The van der Waals surface area contributed by atoms with Gasteiger partial charge in [-0.25, -0.2) is 4.79 Å². The number of unbranched alkanes of at least 4 members (excludes halogenated alkanes) is 4. The van der Waals surface area contributed by atoms with Gasteiger partial charge < -0.3 is 20.1 Å². The number of aliphatic carboxylic acids is 3. The summed E-state index contributed by atoms with van der Waals surface area (Å²) in [6.45, 7) is 4.11. The van der Waals surface area contributed by atoms with E-state index in [1.54, 1.807) is 0 Å². The molecule has 0 rings (SSSR count). The molecule has 0 aromatic carbocycles. The molecule has 2 unspecified atom stereocenters. The smallest absolute Gasteiger partial charge is 0.338 e. The van der Waals surface area contributed by atoms with Crippen LogP contribution in [0.25, 0.3) is 0 Å². The fraction of sp³-hybridized carbons (Fsp3) is 0.765. The average molecular weight is 360 g/mol. The van der Waals surface area contributed by atoms with E-state index in [9.17, 15) is 34.5 Å². The van der Waals surface area contributed by atoms with Gasteiger partial charge in [-0.2, -0.15) is 0 Å². The van der Waals surface area contributed by atoms with Crippen LogP contribution in [0.4, 0.5) is 0 Å². The van der Waals surface area contributed by atoms with E-state index in [2.05, 4.69) is 0 Å². The summed E-state index contributed by atoms with van der Waals surface area (Å²) in [4.78, 5) is 47.6. The number of carbonyl (C=O) groups is 4. The van der Waals surface area contributed by atoms with Crippen molar-refractivity contribution in [2.45, 2.75) is 64.9 Å². The summed E-state index contributed by atoms with van der Waals surface area (Å²) < 4.78 is 4.93. The van der Waals surface area contributed by atoms with Crippen molar-refractivity contribution in [2.75, 3.05) is 7.11 Å². The zero-order valence-corrected chi connectivity index (χ0v) is 15.2. The van der Waals surface area contributed by atoms with Crippen molar-refractivity contribution in [1.29, 1.82) is 0 Å². The van der Waals surface area contributed by atoms with E-state index in [1.807, 2.05) is 6.92 Å². The Labute approximate surface area is 147 Å². The Hall–Kier alpha value is -1.96. The van der Waals surface area contributed by atoms with Crippen molar-refractivity contribution < 1.29 is 39.2 Å². The van der Waals surface area contributed by atoms with Gasteiger partial charge in [-0.3, -0.25) is 14.4 Å². The number of ether oxygens (including phenoxy) is 1. The van der Waals surface area contributed by atoms with E-state index in [0.29, 0.717) is 12.8 Å². The number of carboxylic acid groups (broad SMARTS) is 3. The fourth-order valence-corrected chi connectivity index (χ4v) is 2.96. The first kappa shape index (κ1) is 23.0. The Morgan fingerprint density at radius 2 is 1.44 bits per heavy atom. The quantitative estimate of drug-likeness (QED) is 0.335. The predicted octanol–water partition coefficient (Wildman–Crippen LogP) is 2.20. The van der Waals surface area contributed by atoms with Crippen LogP contribution in [0.15, 0.2) is 0 Å². The van der Waals surface area contributed by atoms with Crippen LogP contribution < -0.4 is 0 Å². The molecule has 0 spiro atoms. The summed E-state index contributed by atoms with van der Waals surface area (Å²) in [5, 5.41) is 28.5. The Kier molecular flexibility index (Phi) is 8.76. The maximum Gasteiger partial charge on any atom is 0.338 e. The zero-order valence-electron chi connectivity index (χ0n) is 15.2. The van der Waals surface area contributed by atoms with Gasteiger partial charge in [0.1, 0.15) is 5.41 Å². The number of hydrogen-bond donors (Lipinski definition) is 3. The lowest BCUT2D eigenvalue weighted by Gasteiger charge is -2.42. The zero-order chi connectivity index (χ0) is 19.8. The van der Waals surface area contributed by atoms with E-state index in [1.165, 1.54) is 0 Å². The summed E-state index contributed by atoms with van der Waals surface area (Å²) in [5.74, 6) is -8.04. The normalized spacial score (nSPS) is 15.2. The lowest BCUT2D eigenvalue weighted by Crippen LogP contribution is -2.64. The number of hydrogen-bond acceptors (Lipinski definition) is 5. The van der Waals surface area contributed by atoms with E-state index in [0.717, 1.165) is 40.2 Å². The third-order valence-electron chi connectivity index (χ3n) is 4.61. The highest BCUT2D eigenvalue weighted by atomic mass is 16.5. The highest BCUT2D eigenvalue weighted by Gasteiger charge is 2.65. The molecule has 25 heavy (non-hydrogen) atoms. The maximum absolute atomic E-state index is 12.5. The Bertz CT molecular complexity index is 511. The molecule has 0 saturated heterocycles. The molecule has 0 amide bonds. The second kappa shape index (κ2) is 9.50. The molecular weight excluding hydrogens is 332 g/mol. The third kappa shape index (κ3) is 4.78. The van der Waals surface area contributed by atoms with E-state index in [4.69, 9.17) is 4.74 Å². The number of methoxy groups -OCH3 is 1. The van der Waals surface area contributed by atoms with Crippen molar-refractivity contribution in [3.63, 3.8) is 0 Å². The van der Waals surface area contributed by atoms with Crippen molar-refractivity contribution in [2.24, 2.45) is 11.3 Å². The molecule has 0 heterocycles. The molecule has 8 nitrogen and oxygen atoms in total. The molecule has 0 fully saturated rings. The number of Topliss-reactive ketones (excluding diaryl/α,β-unsaturated/α-hetero) is 1. The molecule has 0 aliphatic carbocycles. The second-order valence-corrected chi connectivity index (χ2v) is 6.58. The summed E-state index contributed by atoms with van der Waals surface area (Å²) in [5.41, 5.74) is -4.86. The van der Waals surface area contributed by atoms with Crippen LogP contribution in [-0.4, -0.2) is 51.7 Å². The van der Waals surface area contributed by atoms with Crippen LogP contribution in [0.1, 0.15) is 59.3 Å². The molecule has 3 N–H and O–H groups in total. The van der Waals surface area contributed by atoms with Crippen LogP contribution in [0.3, 0.4) is 0 Å². The van der Waals surface area contributed by atoms with Crippen molar-refractivity contribution in [3.05, 3.63) is 0 Å². The number of rotatable bonds is 13. The summed E-state index contributed by atoms with van der Waals surface area (Å²) in [6, 6.07) is 0. The molecule has 0 bridgehead atoms. The van der Waals surface area contributed by atoms with Gasteiger partial charge in [0.2, 0.25) is 5.60 Å². The Morgan fingerprint density at radius 1 is 0.920 bits per heavy atom. The summed E-state index contributed by atoms with van der Waals surface area (Å²) in [7, 11) is 0.906. The molecule has 0 radical (unpaired) electrons. The van der Waals surface area contributed by atoms with Gasteiger partial charge in [0.05, 0.1) is 0 Å². The monoisotopic (exact) mass is 360 g/mol. The van der Waals surface area contributed by atoms with Gasteiger partial charge in [0, 0.05) is 13.5 Å². The van der Waals surface area contributed by atoms with Crippen molar-refractivity contribution in [3.8, 4) is 0 Å². The minimum Gasteiger partial charge on any atom is -0.481 e. The van der Waals surface area contributed by atoms with Crippen LogP contribution in [0.5, 0.6) is 0 Å². The van der Waals surface area contributed by atoms with Crippen LogP contribution in [0.2, 0.25) is 0 Å². The first-order valence-corrected chi connectivity index (χ1v) is 8.28. The van der Waals surface area contributed by atoms with Gasteiger partial charge >= 0.3 is 17.9 Å². The minimum absolute atomic E-state index is 0.144. The molecular formula is C17H28O8. The first-order valence-electron chi connectivity index (χ1n) is 8.28. The lowest BCUT2D eigenvalue weighted by molar-refractivity contribution is -0.206. The highest BCUT2D eigenvalue weighted by molar-refractivity contribution is 6.06. The average Bonchev–Trinajstić information content (AvgIpc) is 2.50. The standard InChI is InChI=1S/C17H28O8/c1-5-6-7-8-9-10-11(18)12(13(19)20)17(25-4,15(23)24)16(2,3)14(21)22/h12H,5-10H2,1-4H3,(H,19,20)(H,21,22)(H,23,24). The van der Waals surface area contributed by atoms with Gasteiger partial charge in [-0.15, -0.1) is 0 Å². The van der Waals surface area contributed by atoms with E-state index >= 15 is 0 Å².